The summed E-state index contributed by atoms with van der Waals surface area (Å²) in [6.07, 6.45) is 6.44. The van der Waals surface area contributed by atoms with Crippen LogP contribution < -0.4 is 4.90 Å². The van der Waals surface area contributed by atoms with Crippen molar-refractivity contribution in [2.24, 2.45) is 0 Å². The van der Waals surface area contributed by atoms with Gasteiger partial charge in [-0.2, -0.15) is 0 Å². The smallest absolute Gasteiger partial charge is 0.159 e. The fourth-order valence-electron chi connectivity index (χ4n) is 6.76. The summed E-state index contributed by atoms with van der Waals surface area (Å²) in [5.74, 6) is 1.10. The second-order valence-corrected chi connectivity index (χ2v) is 11.6. The lowest BCUT2D eigenvalue weighted by Crippen LogP contribution is -2.10. The van der Waals surface area contributed by atoms with Crippen LogP contribution in [0.15, 0.2) is 154 Å². The van der Waals surface area contributed by atoms with Crippen LogP contribution >= 0.6 is 0 Å². The van der Waals surface area contributed by atoms with Crippen molar-refractivity contribution in [3.8, 4) is 22.3 Å². The molecule has 3 heteroatoms. The van der Waals surface area contributed by atoms with Crippen molar-refractivity contribution in [3.63, 3.8) is 0 Å². The summed E-state index contributed by atoms with van der Waals surface area (Å²) in [5.41, 5.74) is 11.8. The molecule has 2 heterocycles. The monoisotopic (exact) mass is 579 g/mol. The van der Waals surface area contributed by atoms with Gasteiger partial charge in [-0.15, -0.1) is 0 Å². The number of fused-ring (bicyclic) bond motifs is 6. The number of rotatable bonds is 5. The van der Waals surface area contributed by atoms with Crippen LogP contribution in [0.25, 0.3) is 61.2 Å². The van der Waals surface area contributed by atoms with E-state index in [-0.39, 0.29) is 0 Å². The van der Waals surface area contributed by atoms with E-state index in [4.69, 9.17) is 8.83 Å². The van der Waals surface area contributed by atoms with Crippen molar-refractivity contribution in [1.29, 1.82) is 0 Å². The van der Waals surface area contributed by atoms with E-state index in [1.54, 1.807) is 0 Å². The number of hydrogen-bond donors (Lipinski definition) is 0. The molecule has 0 amide bonds. The Morgan fingerprint density at radius 2 is 1.16 bits per heavy atom. The average molecular weight is 580 g/mol. The Morgan fingerprint density at radius 1 is 0.489 bits per heavy atom. The summed E-state index contributed by atoms with van der Waals surface area (Å²) in [6.45, 7) is 0. The minimum atomic E-state index is 0.880. The molecule has 45 heavy (non-hydrogen) atoms. The summed E-state index contributed by atoms with van der Waals surface area (Å²) in [5, 5.41) is 3.43. The van der Waals surface area contributed by atoms with Gasteiger partial charge in [0.15, 0.2) is 5.58 Å². The first kappa shape index (κ1) is 25.7. The minimum Gasteiger partial charge on any atom is -0.460 e. The zero-order chi connectivity index (χ0) is 29.7. The summed E-state index contributed by atoms with van der Waals surface area (Å²) in [6, 6.07) is 49.2. The molecular weight excluding hydrogens is 550 g/mol. The molecule has 0 saturated heterocycles. The number of hydrogen-bond acceptors (Lipinski definition) is 3. The van der Waals surface area contributed by atoms with Crippen LogP contribution in [-0.4, -0.2) is 0 Å². The summed E-state index contributed by atoms with van der Waals surface area (Å²) in [4.78, 5) is 2.27. The second kappa shape index (κ2) is 10.4. The van der Waals surface area contributed by atoms with Crippen molar-refractivity contribution >= 4 is 56.0 Å². The largest absolute Gasteiger partial charge is 0.460 e. The quantitative estimate of drug-likeness (QED) is 0.203. The average Bonchev–Trinajstić information content (AvgIpc) is 3.69. The number of nitrogens with zero attached hydrogens (tertiary/aromatic N) is 1. The van der Waals surface area contributed by atoms with Gasteiger partial charge >= 0.3 is 0 Å². The zero-order valence-electron chi connectivity index (χ0n) is 24.6. The van der Waals surface area contributed by atoms with Gasteiger partial charge in [0.2, 0.25) is 0 Å². The van der Waals surface area contributed by atoms with Gasteiger partial charge < -0.3 is 13.7 Å². The van der Waals surface area contributed by atoms with E-state index in [0.29, 0.717) is 0 Å². The first-order valence-electron chi connectivity index (χ1n) is 15.5. The topological polar surface area (TPSA) is 29.5 Å². The fourth-order valence-corrected chi connectivity index (χ4v) is 6.76. The molecule has 0 spiro atoms. The number of allylic oxidation sites excluding steroid dienone is 1. The lowest BCUT2D eigenvalue weighted by atomic mass is 9.97. The van der Waals surface area contributed by atoms with E-state index in [1.807, 2.05) is 18.2 Å². The molecule has 6 aromatic carbocycles. The van der Waals surface area contributed by atoms with Gasteiger partial charge in [-0.25, -0.2) is 0 Å². The lowest BCUT2D eigenvalue weighted by Gasteiger charge is -2.25. The molecule has 8 aromatic rings. The van der Waals surface area contributed by atoms with E-state index in [9.17, 15) is 0 Å². The van der Waals surface area contributed by atoms with Gasteiger partial charge in [0.05, 0.1) is 5.69 Å². The van der Waals surface area contributed by atoms with E-state index < -0.39 is 0 Å². The normalized spacial score (nSPS) is 12.6. The maximum absolute atomic E-state index is 6.45. The lowest BCUT2D eigenvalue weighted by molar-refractivity contribution is 0.547. The number of aryl methyl sites for hydroxylation is 1. The molecule has 1 aliphatic rings. The third-order valence-electron chi connectivity index (χ3n) is 8.95. The van der Waals surface area contributed by atoms with Crippen molar-refractivity contribution in [2.45, 2.75) is 12.8 Å². The number of anilines is 3. The molecule has 2 aromatic heterocycles. The molecule has 0 fully saturated rings. The van der Waals surface area contributed by atoms with Gasteiger partial charge in [-0.05, 0) is 59.5 Å². The van der Waals surface area contributed by atoms with Gasteiger partial charge in [0.25, 0.3) is 0 Å². The van der Waals surface area contributed by atoms with Crippen molar-refractivity contribution < 1.29 is 8.83 Å². The summed E-state index contributed by atoms with van der Waals surface area (Å²) in [7, 11) is 0. The molecule has 0 N–H and O–H groups in total. The standard InChI is InChI=1S/C42H29NO2/c1-2-10-31(11-3-1)43(38-17-9-16-37-35-13-5-7-19-40(35)45-42(37)38)32-26-24-29(25-27-32)28-20-22-30(23-21-28)33-14-8-15-36-34-12-4-6-18-39(34)44-41(33)36/h1-5,7-17,19-27H,6,18H2. The fraction of sp³-hybridized carbons (Fsp3) is 0.0476. The Morgan fingerprint density at radius 3 is 2.00 bits per heavy atom. The molecular formula is C42H29NO2. The highest BCUT2D eigenvalue weighted by Gasteiger charge is 2.20. The molecule has 0 radical (unpaired) electrons. The predicted octanol–water partition coefficient (Wildman–Crippen LogP) is 12.1. The van der Waals surface area contributed by atoms with Crippen LogP contribution in [0.1, 0.15) is 17.7 Å². The van der Waals surface area contributed by atoms with Crippen LogP contribution in [0.3, 0.4) is 0 Å². The maximum atomic E-state index is 6.45. The number of furan rings is 2. The number of para-hydroxylation sites is 4. The third kappa shape index (κ3) is 4.28. The molecule has 0 saturated carbocycles. The predicted molar refractivity (Wildman–Crippen MR) is 186 cm³/mol. The summed E-state index contributed by atoms with van der Waals surface area (Å²) < 4.78 is 12.8. The van der Waals surface area contributed by atoms with Crippen molar-refractivity contribution in [2.75, 3.05) is 4.90 Å². The minimum absolute atomic E-state index is 0.880. The van der Waals surface area contributed by atoms with Gasteiger partial charge in [0, 0.05) is 45.1 Å². The molecule has 0 unspecified atom stereocenters. The van der Waals surface area contributed by atoms with Crippen molar-refractivity contribution in [1.82, 2.24) is 0 Å². The second-order valence-electron chi connectivity index (χ2n) is 11.6. The van der Waals surface area contributed by atoms with Crippen LogP contribution in [-0.2, 0) is 6.42 Å². The highest BCUT2D eigenvalue weighted by atomic mass is 16.3. The Hall–Kier alpha value is -5.80. The van der Waals surface area contributed by atoms with Crippen LogP contribution in [0.2, 0.25) is 0 Å². The van der Waals surface area contributed by atoms with E-state index in [2.05, 4.69) is 138 Å². The van der Waals surface area contributed by atoms with Crippen molar-refractivity contribution in [3.05, 3.63) is 157 Å². The Labute approximate surface area is 261 Å². The van der Waals surface area contributed by atoms with Gasteiger partial charge in [-0.1, -0.05) is 115 Å². The van der Waals surface area contributed by atoms with Crippen LogP contribution in [0.4, 0.5) is 17.1 Å². The Bertz CT molecular complexity index is 2360. The molecule has 3 nitrogen and oxygen atoms in total. The van der Waals surface area contributed by atoms with Crippen LogP contribution in [0.5, 0.6) is 0 Å². The van der Waals surface area contributed by atoms with E-state index >= 15 is 0 Å². The Balaban J connectivity index is 1.08. The summed E-state index contributed by atoms with van der Waals surface area (Å²) >= 11 is 0. The molecule has 1 aliphatic carbocycles. The third-order valence-corrected chi connectivity index (χ3v) is 8.95. The first-order chi connectivity index (χ1) is 22.3. The number of benzene rings is 6. The van der Waals surface area contributed by atoms with Gasteiger partial charge in [-0.3, -0.25) is 0 Å². The molecule has 9 rings (SSSR count). The maximum Gasteiger partial charge on any atom is 0.159 e. The first-order valence-corrected chi connectivity index (χ1v) is 15.5. The van der Waals surface area contributed by atoms with Gasteiger partial charge in [0.1, 0.15) is 16.9 Å². The Kier molecular flexibility index (Phi) is 5.95. The van der Waals surface area contributed by atoms with Crippen LogP contribution in [0, 0.1) is 0 Å². The van der Waals surface area contributed by atoms with E-state index in [1.165, 1.54) is 16.5 Å². The zero-order valence-corrected chi connectivity index (χ0v) is 24.6. The SMILES string of the molecule is C1=Cc2c(oc3c(-c4ccc(-c5ccc(N(c6ccccc6)c6cccc7c6oc6ccccc67)cc5)cc4)cccc23)CC1. The molecule has 0 atom stereocenters. The van der Waals surface area contributed by atoms with E-state index in [0.717, 1.165) is 79.9 Å². The molecule has 214 valence electrons. The highest BCUT2D eigenvalue weighted by Crippen LogP contribution is 2.42. The molecule has 0 aliphatic heterocycles. The highest BCUT2D eigenvalue weighted by molar-refractivity contribution is 6.10. The molecule has 0 bridgehead atoms.